The van der Waals surface area contributed by atoms with Crippen molar-refractivity contribution in [1.82, 2.24) is 10.6 Å². The van der Waals surface area contributed by atoms with Gasteiger partial charge >= 0.3 is 0 Å². The van der Waals surface area contributed by atoms with Crippen LogP contribution >= 0.6 is 0 Å². The van der Waals surface area contributed by atoms with Crippen LogP contribution in [-0.4, -0.2) is 53.0 Å². The molecule has 2 rings (SSSR count). The van der Waals surface area contributed by atoms with E-state index in [-0.39, 0.29) is 5.75 Å². The number of aliphatic imine (C=N–C) groups is 1. The first-order valence-electron chi connectivity index (χ1n) is 8.99. The number of nitrogens with zero attached hydrogens (tertiary/aromatic N) is 1. The molecule has 0 bridgehead atoms. The fraction of sp³-hybridized carbons (Fsp3) is 0.611. The number of rotatable bonds is 11. The number of nitrogens with one attached hydrogen (secondary N) is 2. The zero-order valence-electron chi connectivity index (χ0n) is 14.9. The van der Waals surface area contributed by atoms with Gasteiger partial charge in [0.1, 0.15) is 0 Å². The van der Waals surface area contributed by atoms with E-state index in [0.29, 0.717) is 23.9 Å². The highest BCUT2D eigenvalue weighted by molar-refractivity contribution is 7.91. The fourth-order valence-corrected chi connectivity index (χ4v) is 3.46. The number of hydrogen-bond acceptors (Lipinski definition) is 4. The molecule has 1 fully saturated rings. The zero-order chi connectivity index (χ0) is 18.0. The van der Waals surface area contributed by atoms with E-state index in [4.69, 9.17) is 4.74 Å². The quantitative estimate of drug-likeness (QED) is 0.354. The van der Waals surface area contributed by atoms with Crippen molar-refractivity contribution in [2.45, 2.75) is 31.1 Å². The molecule has 1 aromatic carbocycles. The second-order valence-electron chi connectivity index (χ2n) is 6.19. The highest BCUT2D eigenvalue weighted by Gasteiger charge is 2.20. The topological polar surface area (TPSA) is 79.8 Å². The van der Waals surface area contributed by atoms with Gasteiger partial charge < -0.3 is 15.4 Å². The van der Waals surface area contributed by atoms with Crippen LogP contribution in [0.15, 0.2) is 40.2 Å². The zero-order valence-corrected chi connectivity index (χ0v) is 15.7. The van der Waals surface area contributed by atoms with Crippen LogP contribution in [0.4, 0.5) is 0 Å². The second-order valence-corrected chi connectivity index (χ2v) is 8.30. The monoisotopic (exact) mass is 367 g/mol. The maximum Gasteiger partial charge on any atom is 0.191 e. The molecular weight excluding hydrogens is 338 g/mol. The van der Waals surface area contributed by atoms with Crippen LogP contribution in [-0.2, 0) is 14.6 Å². The number of ether oxygens (including phenoxy) is 1. The van der Waals surface area contributed by atoms with Gasteiger partial charge in [0.15, 0.2) is 15.8 Å². The van der Waals surface area contributed by atoms with Crippen molar-refractivity contribution in [1.29, 1.82) is 0 Å². The molecule has 0 heterocycles. The summed E-state index contributed by atoms with van der Waals surface area (Å²) in [5.74, 6) is 1.47. The Morgan fingerprint density at radius 2 is 2.00 bits per heavy atom. The van der Waals surface area contributed by atoms with E-state index in [9.17, 15) is 8.42 Å². The summed E-state index contributed by atoms with van der Waals surface area (Å²) >= 11 is 0. The molecule has 1 aromatic rings. The van der Waals surface area contributed by atoms with Crippen LogP contribution in [0.1, 0.15) is 26.2 Å². The van der Waals surface area contributed by atoms with E-state index >= 15 is 0 Å². The average molecular weight is 368 g/mol. The summed E-state index contributed by atoms with van der Waals surface area (Å²) in [6.45, 7) is 5.29. The predicted octanol–water partition coefficient (Wildman–Crippen LogP) is 1.83. The standard InChI is InChI=1S/C18H29N3O3S/c1-2-19-18(20-11-6-13-24-15-16-9-10-16)21-12-14-25(22,23)17-7-4-3-5-8-17/h3-5,7-8,16H,2,6,9-15H2,1H3,(H2,19,20,21). The van der Waals surface area contributed by atoms with Gasteiger partial charge in [-0.05, 0) is 44.2 Å². The van der Waals surface area contributed by atoms with Gasteiger partial charge in [-0.25, -0.2) is 8.42 Å². The molecule has 25 heavy (non-hydrogen) atoms. The molecule has 0 saturated heterocycles. The number of hydrogen-bond donors (Lipinski definition) is 2. The molecule has 0 radical (unpaired) electrons. The SMILES string of the molecule is CCNC(=NCCCOCC1CC1)NCCS(=O)(=O)c1ccccc1. The van der Waals surface area contributed by atoms with Crippen molar-refractivity contribution < 1.29 is 13.2 Å². The van der Waals surface area contributed by atoms with E-state index in [1.165, 1.54) is 12.8 Å². The summed E-state index contributed by atoms with van der Waals surface area (Å²) in [7, 11) is -3.27. The minimum atomic E-state index is -3.27. The van der Waals surface area contributed by atoms with Gasteiger partial charge in [0.05, 0.1) is 10.6 Å². The molecule has 0 unspecified atom stereocenters. The van der Waals surface area contributed by atoms with E-state index in [1.54, 1.807) is 24.3 Å². The number of sulfone groups is 1. The van der Waals surface area contributed by atoms with Crippen molar-refractivity contribution >= 4 is 15.8 Å². The Morgan fingerprint density at radius 1 is 1.24 bits per heavy atom. The summed E-state index contributed by atoms with van der Waals surface area (Å²) in [5.41, 5.74) is 0. The Morgan fingerprint density at radius 3 is 2.68 bits per heavy atom. The Hall–Kier alpha value is -1.60. The lowest BCUT2D eigenvalue weighted by Crippen LogP contribution is -2.39. The van der Waals surface area contributed by atoms with Gasteiger partial charge in [0, 0.05) is 32.8 Å². The molecule has 1 aliphatic rings. The molecule has 1 aliphatic carbocycles. The molecule has 1 saturated carbocycles. The summed E-state index contributed by atoms with van der Waals surface area (Å²) in [6, 6.07) is 8.52. The first kappa shape index (κ1) is 19.7. The average Bonchev–Trinajstić information content (AvgIpc) is 3.43. The Balaban J connectivity index is 1.69. The van der Waals surface area contributed by atoms with Gasteiger partial charge in [0.2, 0.25) is 0 Å². The van der Waals surface area contributed by atoms with Gasteiger partial charge in [-0.2, -0.15) is 0 Å². The molecule has 0 aromatic heterocycles. The normalized spacial score (nSPS) is 15.2. The lowest BCUT2D eigenvalue weighted by atomic mass is 10.4. The van der Waals surface area contributed by atoms with Gasteiger partial charge in [-0.1, -0.05) is 18.2 Å². The van der Waals surface area contributed by atoms with Crippen LogP contribution in [0.5, 0.6) is 0 Å². The highest BCUT2D eigenvalue weighted by atomic mass is 32.2. The van der Waals surface area contributed by atoms with Crippen LogP contribution in [0, 0.1) is 5.92 Å². The van der Waals surface area contributed by atoms with Crippen LogP contribution in [0.3, 0.4) is 0 Å². The minimum Gasteiger partial charge on any atom is -0.381 e. The predicted molar refractivity (Wildman–Crippen MR) is 101 cm³/mol. The van der Waals surface area contributed by atoms with E-state index in [1.807, 2.05) is 13.0 Å². The lowest BCUT2D eigenvalue weighted by molar-refractivity contribution is 0.123. The molecule has 0 amide bonds. The summed E-state index contributed by atoms with van der Waals surface area (Å²) in [6.07, 6.45) is 3.47. The minimum absolute atomic E-state index is 0.0337. The molecule has 0 spiro atoms. The Kier molecular flexibility index (Phi) is 8.21. The molecular formula is C18H29N3O3S. The van der Waals surface area contributed by atoms with Crippen molar-refractivity contribution in [2.75, 3.05) is 38.6 Å². The number of guanidine groups is 1. The molecule has 7 heteroatoms. The van der Waals surface area contributed by atoms with E-state index < -0.39 is 9.84 Å². The summed E-state index contributed by atoms with van der Waals surface area (Å²) in [5, 5.41) is 6.22. The van der Waals surface area contributed by atoms with Gasteiger partial charge in [-0.15, -0.1) is 0 Å². The molecule has 2 N–H and O–H groups in total. The molecule has 140 valence electrons. The largest absolute Gasteiger partial charge is 0.381 e. The van der Waals surface area contributed by atoms with Crippen LogP contribution in [0.2, 0.25) is 0 Å². The lowest BCUT2D eigenvalue weighted by Gasteiger charge is -2.11. The highest BCUT2D eigenvalue weighted by Crippen LogP contribution is 2.28. The van der Waals surface area contributed by atoms with Crippen molar-refractivity contribution in [2.24, 2.45) is 10.9 Å². The second kappa shape index (κ2) is 10.4. The fourth-order valence-electron chi connectivity index (χ4n) is 2.28. The molecule has 6 nitrogen and oxygen atoms in total. The summed E-state index contributed by atoms with van der Waals surface area (Å²) < 4.78 is 30.1. The maximum absolute atomic E-state index is 12.2. The number of benzene rings is 1. The maximum atomic E-state index is 12.2. The van der Waals surface area contributed by atoms with Crippen LogP contribution in [0.25, 0.3) is 0 Å². The van der Waals surface area contributed by atoms with E-state index in [2.05, 4.69) is 15.6 Å². The Bertz CT molecular complexity index is 628. The smallest absolute Gasteiger partial charge is 0.191 e. The molecule has 0 aliphatic heterocycles. The third-order valence-corrected chi connectivity index (χ3v) is 5.61. The molecule has 0 atom stereocenters. The first-order valence-corrected chi connectivity index (χ1v) is 10.6. The Labute approximate surface area is 151 Å². The third-order valence-electron chi connectivity index (χ3n) is 3.88. The van der Waals surface area contributed by atoms with Crippen LogP contribution < -0.4 is 10.6 Å². The van der Waals surface area contributed by atoms with Gasteiger partial charge in [0.25, 0.3) is 0 Å². The summed E-state index contributed by atoms with van der Waals surface area (Å²) in [4.78, 5) is 4.81. The first-order chi connectivity index (χ1) is 12.1. The van der Waals surface area contributed by atoms with Crippen molar-refractivity contribution in [3.63, 3.8) is 0 Å². The third kappa shape index (κ3) is 7.88. The van der Waals surface area contributed by atoms with Gasteiger partial charge in [-0.3, -0.25) is 4.99 Å². The van der Waals surface area contributed by atoms with Crippen molar-refractivity contribution in [3.8, 4) is 0 Å². The van der Waals surface area contributed by atoms with E-state index in [0.717, 1.165) is 32.1 Å². The van der Waals surface area contributed by atoms with Crippen molar-refractivity contribution in [3.05, 3.63) is 30.3 Å².